The maximum Gasteiger partial charge on any atom is 0.326 e. The number of carbonyl (C=O) groups excluding carboxylic acids is 1. The van der Waals surface area contributed by atoms with Gasteiger partial charge in [-0.3, -0.25) is 4.90 Å². The first-order valence-electron chi connectivity index (χ1n) is 7.68. The molecule has 0 radical (unpaired) electrons. The Morgan fingerprint density at radius 1 is 1.17 bits per heavy atom. The summed E-state index contributed by atoms with van der Waals surface area (Å²) in [5.74, 6) is 1.21. The molecule has 126 valence electrons. The Morgan fingerprint density at radius 2 is 1.92 bits per heavy atom. The molecule has 2 aromatic carbocycles. The maximum atomic E-state index is 12.8. The first-order valence-corrected chi connectivity index (χ1v) is 8.56. The van der Waals surface area contributed by atoms with Gasteiger partial charge in [-0.05, 0) is 24.3 Å². The number of benzene rings is 2. The largest absolute Gasteiger partial charge is 0.493 e. The van der Waals surface area contributed by atoms with Crippen molar-refractivity contribution < 1.29 is 14.3 Å². The van der Waals surface area contributed by atoms with Crippen molar-refractivity contribution in [2.24, 2.45) is 0 Å². The van der Waals surface area contributed by atoms with Gasteiger partial charge in [0.1, 0.15) is 0 Å². The van der Waals surface area contributed by atoms with Crippen LogP contribution in [0.5, 0.6) is 11.5 Å². The minimum Gasteiger partial charge on any atom is -0.493 e. The summed E-state index contributed by atoms with van der Waals surface area (Å²) >= 11 is 1.79. The van der Waals surface area contributed by atoms with Crippen LogP contribution in [0, 0.1) is 0 Å². The number of para-hydroxylation sites is 1. The van der Waals surface area contributed by atoms with Gasteiger partial charge in [0.25, 0.3) is 0 Å². The third kappa shape index (κ3) is 3.28. The molecule has 1 atom stereocenters. The highest BCUT2D eigenvalue weighted by Crippen LogP contribution is 2.38. The van der Waals surface area contributed by atoms with E-state index in [0.717, 1.165) is 10.6 Å². The Kier molecular flexibility index (Phi) is 4.85. The van der Waals surface area contributed by atoms with Gasteiger partial charge < -0.3 is 14.8 Å². The molecule has 1 aliphatic heterocycles. The predicted octanol–water partition coefficient (Wildman–Crippen LogP) is 4.24. The zero-order valence-electron chi connectivity index (χ0n) is 13.9. The van der Waals surface area contributed by atoms with E-state index in [-0.39, 0.29) is 6.03 Å². The van der Waals surface area contributed by atoms with Crippen LogP contribution in [0.2, 0.25) is 0 Å². The highest BCUT2D eigenvalue weighted by Gasteiger charge is 2.26. The summed E-state index contributed by atoms with van der Waals surface area (Å²) in [4.78, 5) is 15.7. The summed E-state index contributed by atoms with van der Waals surface area (Å²) in [5.41, 5.74) is 1.61. The molecule has 0 spiro atoms. The van der Waals surface area contributed by atoms with Crippen LogP contribution in [0.3, 0.4) is 0 Å². The smallest absolute Gasteiger partial charge is 0.326 e. The second-order valence-electron chi connectivity index (χ2n) is 5.51. The van der Waals surface area contributed by atoms with E-state index in [4.69, 9.17) is 9.47 Å². The van der Waals surface area contributed by atoms with E-state index in [2.05, 4.69) is 12.2 Å². The number of nitrogens with zero attached hydrogens (tertiary/aromatic N) is 1. The maximum absolute atomic E-state index is 12.8. The Labute approximate surface area is 145 Å². The number of methoxy groups -OCH3 is 2. The molecule has 0 aromatic heterocycles. The van der Waals surface area contributed by atoms with Crippen LogP contribution in [0.15, 0.2) is 47.4 Å². The lowest BCUT2D eigenvalue weighted by atomic mass is 10.2. The molecule has 0 saturated carbocycles. The van der Waals surface area contributed by atoms with Crippen molar-refractivity contribution in [3.05, 3.63) is 42.5 Å². The molecule has 2 aromatic rings. The first kappa shape index (κ1) is 16.5. The number of carbonyl (C=O) groups is 1. The molecule has 3 rings (SSSR count). The van der Waals surface area contributed by atoms with Crippen LogP contribution in [-0.4, -0.2) is 32.0 Å². The Bertz CT molecular complexity index is 751. The van der Waals surface area contributed by atoms with Gasteiger partial charge >= 0.3 is 6.03 Å². The molecule has 5 nitrogen and oxygen atoms in total. The Balaban J connectivity index is 1.83. The Hall–Kier alpha value is -2.34. The minimum atomic E-state index is -0.151. The number of nitrogens with one attached hydrogen (secondary N) is 1. The molecule has 0 saturated heterocycles. The van der Waals surface area contributed by atoms with Crippen LogP contribution in [0.25, 0.3) is 0 Å². The molecule has 0 bridgehead atoms. The zero-order valence-corrected chi connectivity index (χ0v) is 14.7. The summed E-state index contributed by atoms with van der Waals surface area (Å²) in [6.45, 7) is 2.79. The molecule has 1 aliphatic rings. The van der Waals surface area contributed by atoms with Crippen LogP contribution in [0.1, 0.15) is 6.92 Å². The summed E-state index contributed by atoms with van der Waals surface area (Å²) in [5, 5.41) is 3.28. The third-order valence-electron chi connectivity index (χ3n) is 3.80. The van der Waals surface area contributed by atoms with Gasteiger partial charge in [0, 0.05) is 28.4 Å². The molecular formula is C18H20N2O3S. The fraction of sp³-hybridized carbons (Fsp3) is 0.278. The van der Waals surface area contributed by atoms with Crippen molar-refractivity contribution in [3.63, 3.8) is 0 Å². The molecule has 0 fully saturated rings. The van der Waals surface area contributed by atoms with Gasteiger partial charge in [-0.1, -0.05) is 19.1 Å². The van der Waals surface area contributed by atoms with E-state index >= 15 is 0 Å². The van der Waals surface area contributed by atoms with Gasteiger partial charge in [0.05, 0.1) is 19.9 Å². The van der Waals surface area contributed by atoms with Gasteiger partial charge in [-0.15, -0.1) is 11.8 Å². The summed E-state index contributed by atoms with van der Waals surface area (Å²) < 4.78 is 10.5. The highest BCUT2D eigenvalue weighted by molar-refractivity contribution is 8.00. The molecule has 2 amide bonds. The van der Waals surface area contributed by atoms with Gasteiger partial charge in [0.15, 0.2) is 11.5 Å². The van der Waals surface area contributed by atoms with E-state index in [1.807, 2.05) is 24.3 Å². The lowest BCUT2D eigenvalue weighted by Crippen LogP contribution is -2.41. The number of hydrogen-bond donors (Lipinski definition) is 1. The summed E-state index contributed by atoms with van der Waals surface area (Å²) in [6.07, 6.45) is 0. The molecule has 24 heavy (non-hydrogen) atoms. The third-order valence-corrected chi connectivity index (χ3v) is 4.95. The Morgan fingerprint density at radius 3 is 2.67 bits per heavy atom. The van der Waals surface area contributed by atoms with E-state index in [1.54, 1.807) is 49.1 Å². The van der Waals surface area contributed by atoms with Crippen molar-refractivity contribution in [1.29, 1.82) is 0 Å². The number of amides is 2. The zero-order chi connectivity index (χ0) is 17.1. The normalized spacial score (nSPS) is 16.3. The number of thioether (sulfide) groups is 1. The lowest BCUT2D eigenvalue weighted by Gasteiger charge is -2.32. The van der Waals surface area contributed by atoms with Crippen molar-refractivity contribution in [2.45, 2.75) is 17.1 Å². The molecule has 6 heteroatoms. The average Bonchev–Trinajstić information content (AvgIpc) is 2.60. The molecule has 1 heterocycles. The average molecular weight is 344 g/mol. The molecule has 1 unspecified atom stereocenters. The lowest BCUT2D eigenvalue weighted by molar-refractivity contribution is 0.256. The highest BCUT2D eigenvalue weighted by atomic mass is 32.2. The van der Waals surface area contributed by atoms with E-state index in [0.29, 0.717) is 29.0 Å². The number of anilines is 2. The monoisotopic (exact) mass is 344 g/mol. The van der Waals surface area contributed by atoms with Crippen LogP contribution < -0.4 is 19.7 Å². The number of ether oxygens (including phenoxy) is 2. The fourth-order valence-electron chi connectivity index (χ4n) is 2.69. The summed E-state index contributed by atoms with van der Waals surface area (Å²) in [7, 11) is 3.16. The number of fused-ring (bicyclic) bond motifs is 1. The van der Waals surface area contributed by atoms with Crippen LogP contribution >= 0.6 is 11.8 Å². The second kappa shape index (κ2) is 7.05. The second-order valence-corrected chi connectivity index (χ2v) is 6.99. The summed E-state index contributed by atoms with van der Waals surface area (Å²) in [6, 6.07) is 13.1. The number of rotatable bonds is 3. The molecule has 1 N–H and O–H groups in total. The minimum absolute atomic E-state index is 0.151. The molecule has 0 aliphatic carbocycles. The van der Waals surface area contributed by atoms with Gasteiger partial charge in [-0.2, -0.15) is 0 Å². The quantitative estimate of drug-likeness (QED) is 0.905. The molecular weight excluding hydrogens is 324 g/mol. The van der Waals surface area contributed by atoms with Crippen molar-refractivity contribution in [1.82, 2.24) is 0 Å². The van der Waals surface area contributed by atoms with Crippen molar-refractivity contribution in [2.75, 3.05) is 31.0 Å². The van der Waals surface area contributed by atoms with Gasteiger partial charge in [0.2, 0.25) is 0 Å². The first-order chi connectivity index (χ1) is 11.6. The van der Waals surface area contributed by atoms with E-state index < -0.39 is 0 Å². The van der Waals surface area contributed by atoms with Crippen molar-refractivity contribution in [3.8, 4) is 11.5 Å². The number of hydrogen-bond acceptors (Lipinski definition) is 4. The standard InChI is InChI=1S/C18H20N2O3S/c1-12-11-20(14-6-4-5-7-17(14)24-12)18(21)19-13-8-9-15(22-2)16(10-13)23-3/h4-10,12H,11H2,1-3H3,(H,19,21). The van der Waals surface area contributed by atoms with E-state index in [1.165, 1.54) is 0 Å². The topological polar surface area (TPSA) is 50.8 Å². The number of urea groups is 1. The van der Waals surface area contributed by atoms with E-state index in [9.17, 15) is 4.79 Å². The van der Waals surface area contributed by atoms with Gasteiger partial charge in [-0.25, -0.2) is 4.79 Å². The SMILES string of the molecule is COc1ccc(NC(=O)N2CC(C)Sc3ccccc32)cc1OC. The van der Waals surface area contributed by atoms with Crippen molar-refractivity contribution >= 4 is 29.2 Å². The fourth-order valence-corrected chi connectivity index (χ4v) is 3.80. The predicted molar refractivity (Wildman–Crippen MR) is 97.7 cm³/mol. The van der Waals surface area contributed by atoms with Crippen LogP contribution in [0.4, 0.5) is 16.2 Å². The van der Waals surface area contributed by atoms with Crippen LogP contribution in [-0.2, 0) is 0 Å².